The van der Waals surface area contributed by atoms with Crippen molar-refractivity contribution in [2.24, 2.45) is 0 Å². The molecular weight excluding hydrogens is 490 g/mol. The maximum Gasteiger partial charge on any atom is 0.259 e. The molecule has 1 fully saturated rings. The van der Waals surface area contributed by atoms with Crippen LogP contribution in [-0.4, -0.2) is 38.4 Å². The number of halogens is 2. The summed E-state index contributed by atoms with van der Waals surface area (Å²) in [7, 11) is 0. The summed E-state index contributed by atoms with van der Waals surface area (Å²) in [6.45, 7) is 2.66. The monoisotopic (exact) mass is 512 g/mol. The van der Waals surface area contributed by atoms with Gasteiger partial charge >= 0.3 is 0 Å². The summed E-state index contributed by atoms with van der Waals surface area (Å²) in [6.07, 6.45) is 2.90. The summed E-state index contributed by atoms with van der Waals surface area (Å²) in [5, 5.41) is 13.3. The first kappa shape index (κ1) is 24.0. The van der Waals surface area contributed by atoms with Gasteiger partial charge in [-0.25, -0.2) is 23.7 Å². The largest absolute Gasteiger partial charge is 0.375 e. The number of benzene rings is 1. The Kier molecular flexibility index (Phi) is 5.61. The van der Waals surface area contributed by atoms with Gasteiger partial charge < -0.3 is 10.1 Å². The summed E-state index contributed by atoms with van der Waals surface area (Å²) in [4.78, 5) is 30.3. The Morgan fingerprint density at radius 3 is 2.76 bits per heavy atom. The molecule has 1 aliphatic heterocycles. The van der Waals surface area contributed by atoms with Crippen LogP contribution in [0.3, 0.4) is 0 Å². The number of nitrogens with one attached hydrogen (secondary N) is 1. The number of alkyl halides is 2. The van der Waals surface area contributed by atoms with Crippen molar-refractivity contribution >= 4 is 16.8 Å². The SMILES string of the molecule is C[C@@]1(C#N)COCc2ccc(C(=O)NCc3cc4nc(-c5ccnc([C@@H]6CC6(F)F)n5)ccc4cn3)cc21. The molecule has 8 nitrogen and oxygen atoms in total. The normalized spacial score (nSPS) is 21.4. The molecule has 2 atom stereocenters. The number of carbonyl (C=O) groups excluding carboxylic acids is 1. The Morgan fingerprint density at radius 1 is 1.16 bits per heavy atom. The van der Waals surface area contributed by atoms with Gasteiger partial charge in [0, 0.05) is 29.8 Å². The van der Waals surface area contributed by atoms with E-state index in [0.717, 1.165) is 16.5 Å². The van der Waals surface area contributed by atoms with E-state index in [4.69, 9.17) is 4.74 Å². The van der Waals surface area contributed by atoms with Crippen molar-refractivity contribution < 1.29 is 18.3 Å². The zero-order chi connectivity index (χ0) is 26.5. The standard InChI is InChI=1S/C28H22F2N6O2/c1-27(14-31)15-38-13-18-3-2-16(8-20(18)27)26(37)34-12-19-9-24-17(11-33-19)4-5-22(35-24)23-6-7-32-25(36-23)21-10-28(21,29)30/h2-9,11,21H,10,12-13,15H2,1H3,(H,34,37)/t21-,27+/m0/s1. The van der Waals surface area contributed by atoms with Crippen LogP contribution in [0.2, 0.25) is 0 Å². The quantitative estimate of drug-likeness (QED) is 0.420. The third-order valence-electron chi connectivity index (χ3n) is 7.00. The van der Waals surface area contributed by atoms with Crippen molar-refractivity contribution in [3.8, 4) is 17.5 Å². The van der Waals surface area contributed by atoms with Crippen LogP contribution < -0.4 is 5.32 Å². The molecule has 10 heteroatoms. The van der Waals surface area contributed by atoms with E-state index >= 15 is 0 Å². The Hall–Kier alpha value is -4.36. The number of amides is 1. The first-order valence-corrected chi connectivity index (χ1v) is 12.1. The fourth-order valence-electron chi connectivity index (χ4n) is 4.64. The van der Waals surface area contributed by atoms with Crippen LogP contribution >= 0.6 is 0 Å². The van der Waals surface area contributed by atoms with Gasteiger partial charge in [0.1, 0.15) is 11.2 Å². The molecule has 1 aliphatic carbocycles. The first-order valence-electron chi connectivity index (χ1n) is 12.1. The number of carbonyl (C=O) groups is 1. The summed E-state index contributed by atoms with van der Waals surface area (Å²) in [5.41, 5.74) is 3.58. The van der Waals surface area contributed by atoms with Crippen molar-refractivity contribution in [3.63, 3.8) is 0 Å². The van der Waals surface area contributed by atoms with Crippen LogP contribution in [0.25, 0.3) is 22.3 Å². The van der Waals surface area contributed by atoms with Crippen molar-refractivity contribution in [2.75, 3.05) is 6.61 Å². The smallest absolute Gasteiger partial charge is 0.259 e. The second-order valence-electron chi connectivity index (χ2n) is 9.87. The Bertz CT molecular complexity index is 1640. The molecule has 4 heterocycles. The van der Waals surface area contributed by atoms with Gasteiger partial charge in [0.25, 0.3) is 11.8 Å². The second kappa shape index (κ2) is 8.89. The van der Waals surface area contributed by atoms with E-state index in [1.165, 1.54) is 6.20 Å². The molecule has 1 saturated carbocycles. The van der Waals surface area contributed by atoms with Gasteiger partial charge in [-0.05, 0) is 54.4 Å². The molecule has 2 aliphatic rings. The minimum atomic E-state index is -2.75. The zero-order valence-corrected chi connectivity index (χ0v) is 20.4. The van der Waals surface area contributed by atoms with Gasteiger partial charge in [0.05, 0.1) is 54.3 Å². The van der Waals surface area contributed by atoms with Gasteiger partial charge in [-0.2, -0.15) is 5.26 Å². The minimum Gasteiger partial charge on any atom is -0.375 e. The van der Waals surface area contributed by atoms with Crippen molar-refractivity contribution in [2.45, 2.75) is 43.8 Å². The van der Waals surface area contributed by atoms with Gasteiger partial charge in [-0.1, -0.05) is 6.07 Å². The maximum absolute atomic E-state index is 13.5. The molecule has 0 unspecified atom stereocenters. The number of ether oxygens (including phenoxy) is 1. The molecule has 1 amide bonds. The summed E-state index contributed by atoms with van der Waals surface area (Å²) < 4.78 is 32.5. The second-order valence-corrected chi connectivity index (χ2v) is 9.87. The average Bonchev–Trinajstić information content (AvgIpc) is 3.59. The molecule has 6 rings (SSSR count). The predicted octanol–water partition coefficient (Wildman–Crippen LogP) is 4.45. The summed E-state index contributed by atoms with van der Waals surface area (Å²) in [5.74, 6) is -3.85. The highest BCUT2D eigenvalue weighted by Gasteiger charge is 2.59. The molecule has 3 aromatic heterocycles. The highest BCUT2D eigenvalue weighted by molar-refractivity contribution is 5.94. The Morgan fingerprint density at radius 2 is 1.97 bits per heavy atom. The lowest BCUT2D eigenvalue weighted by atomic mass is 9.79. The third kappa shape index (κ3) is 4.35. The maximum atomic E-state index is 13.5. The number of fused-ring (bicyclic) bond motifs is 2. The fourth-order valence-corrected chi connectivity index (χ4v) is 4.64. The van der Waals surface area contributed by atoms with E-state index < -0.39 is 17.3 Å². The predicted molar refractivity (Wildman–Crippen MR) is 133 cm³/mol. The average molecular weight is 513 g/mol. The molecule has 0 radical (unpaired) electrons. The molecule has 0 bridgehead atoms. The number of rotatable bonds is 5. The van der Waals surface area contributed by atoms with E-state index in [9.17, 15) is 18.8 Å². The van der Waals surface area contributed by atoms with Crippen LogP contribution in [0.15, 0.2) is 54.9 Å². The van der Waals surface area contributed by atoms with Crippen LogP contribution in [0.5, 0.6) is 0 Å². The highest BCUT2D eigenvalue weighted by atomic mass is 19.3. The molecule has 190 valence electrons. The van der Waals surface area contributed by atoms with E-state index in [1.807, 2.05) is 12.1 Å². The summed E-state index contributed by atoms with van der Waals surface area (Å²) in [6, 6.07) is 14.6. The van der Waals surface area contributed by atoms with Crippen LogP contribution in [-0.2, 0) is 23.3 Å². The molecular formula is C28H22F2N6O2. The lowest BCUT2D eigenvalue weighted by molar-refractivity contribution is 0.0757. The minimum absolute atomic E-state index is 0.123. The molecule has 0 spiro atoms. The number of hydrogen-bond acceptors (Lipinski definition) is 7. The van der Waals surface area contributed by atoms with Crippen molar-refractivity contribution in [3.05, 3.63) is 83.1 Å². The van der Waals surface area contributed by atoms with Crippen LogP contribution in [0.1, 0.15) is 52.3 Å². The fraction of sp³-hybridized carbons (Fsp3) is 0.286. The Balaban J connectivity index is 1.20. The molecule has 1 aromatic carbocycles. The summed E-state index contributed by atoms with van der Waals surface area (Å²) >= 11 is 0. The number of aromatic nitrogens is 4. The van der Waals surface area contributed by atoms with Gasteiger partial charge in [0.15, 0.2) is 0 Å². The van der Waals surface area contributed by atoms with Gasteiger partial charge in [-0.15, -0.1) is 0 Å². The van der Waals surface area contributed by atoms with Crippen LogP contribution in [0, 0.1) is 11.3 Å². The van der Waals surface area contributed by atoms with Crippen molar-refractivity contribution in [1.29, 1.82) is 5.26 Å². The number of nitriles is 1. The molecule has 4 aromatic rings. The van der Waals surface area contributed by atoms with Gasteiger partial charge in [0.2, 0.25) is 0 Å². The first-order chi connectivity index (χ1) is 18.3. The topological polar surface area (TPSA) is 114 Å². The lowest BCUT2D eigenvalue weighted by Crippen LogP contribution is -2.33. The van der Waals surface area contributed by atoms with Crippen molar-refractivity contribution in [1.82, 2.24) is 25.3 Å². The van der Waals surface area contributed by atoms with Crippen LogP contribution in [0.4, 0.5) is 8.78 Å². The third-order valence-corrected chi connectivity index (χ3v) is 7.00. The van der Waals surface area contributed by atoms with E-state index in [2.05, 4.69) is 31.3 Å². The molecule has 1 N–H and O–H groups in total. The van der Waals surface area contributed by atoms with E-state index in [1.54, 1.807) is 43.5 Å². The number of nitrogens with zero attached hydrogens (tertiary/aromatic N) is 5. The molecule has 38 heavy (non-hydrogen) atoms. The Labute approximate surface area is 216 Å². The van der Waals surface area contributed by atoms with Gasteiger partial charge in [-0.3, -0.25) is 9.78 Å². The van der Waals surface area contributed by atoms with E-state index in [0.29, 0.717) is 34.8 Å². The van der Waals surface area contributed by atoms with E-state index in [-0.39, 0.29) is 31.3 Å². The molecule has 0 saturated heterocycles. The number of hydrogen-bond donors (Lipinski definition) is 1. The highest BCUT2D eigenvalue weighted by Crippen LogP contribution is 2.54. The lowest BCUT2D eigenvalue weighted by Gasteiger charge is -2.30. The zero-order valence-electron chi connectivity index (χ0n) is 20.4. The number of pyridine rings is 2.